The standard InChI is InChI=1S/C13H14N4O3/c1-13(2,12(14)20)17-9-7-5-3-4-6-8(7)15-10(16-9)11(18)19/h3-6H,1-2H3,(H2,14,20)(H,18,19)(H,15,16,17). The van der Waals surface area contributed by atoms with Crippen LogP contribution in [0.3, 0.4) is 0 Å². The number of benzene rings is 1. The van der Waals surface area contributed by atoms with E-state index in [1.165, 1.54) is 0 Å². The zero-order valence-corrected chi connectivity index (χ0v) is 11.0. The molecule has 0 spiro atoms. The molecule has 20 heavy (non-hydrogen) atoms. The minimum atomic E-state index is -1.24. The molecule has 1 heterocycles. The number of carboxylic acids is 1. The maximum absolute atomic E-state index is 11.4. The maximum Gasteiger partial charge on any atom is 0.374 e. The smallest absolute Gasteiger partial charge is 0.374 e. The van der Waals surface area contributed by atoms with Crippen molar-refractivity contribution in [1.29, 1.82) is 0 Å². The molecule has 0 aliphatic rings. The van der Waals surface area contributed by atoms with Crippen LogP contribution in [0.4, 0.5) is 5.82 Å². The second-order valence-electron chi connectivity index (χ2n) is 4.83. The van der Waals surface area contributed by atoms with E-state index in [0.29, 0.717) is 10.9 Å². The molecule has 7 heteroatoms. The highest BCUT2D eigenvalue weighted by molar-refractivity contribution is 5.96. The number of nitrogens with zero attached hydrogens (tertiary/aromatic N) is 2. The van der Waals surface area contributed by atoms with Crippen LogP contribution < -0.4 is 11.1 Å². The molecule has 0 aliphatic carbocycles. The monoisotopic (exact) mass is 274 g/mol. The van der Waals surface area contributed by atoms with Gasteiger partial charge in [0.2, 0.25) is 11.7 Å². The van der Waals surface area contributed by atoms with Crippen molar-refractivity contribution in [1.82, 2.24) is 9.97 Å². The lowest BCUT2D eigenvalue weighted by atomic mass is 10.0. The number of amides is 1. The Balaban J connectivity index is 2.61. The van der Waals surface area contributed by atoms with Crippen LogP contribution in [-0.4, -0.2) is 32.5 Å². The van der Waals surface area contributed by atoms with Gasteiger partial charge < -0.3 is 16.2 Å². The molecule has 0 atom stereocenters. The number of carboxylic acid groups (broad SMARTS) is 1. The van der Waals surface area contributed by atoms with Gasteiger partial charge in [0.25, 0.3) is 0 Å². The molecule has 0 saturated heterocycles. The molecular weight excluding hydrogens is 260 g/mol. The predicted molar refractivity (Wildman–Crippen MR) is 73.4 cm³/mol. The lowest BCUT2D eigenvalue weighted by molar-refractivity contribution is -0.121. The minimum Gasteiger partial charge on any atom is -0.475 e. The number of aromatic carboxylic acids is 1. The molecule has 0 fully saturated rings. The fourth-order valence-corrected chi connectivity index (χ4v) is 1.63. The molecule has 0 bridgehead atoms. The van der Waals surface area contributed by atoms with Crippen molar-refractivity contribution in [3.05, 3.63) is 30.1 Å². The molecule has 2 rings (SSSR count). The van der Waals surface area contributed by atoms with E-state index in [0.717, 1.165) is 0 Å². The van der Waals surface area contributed by atoms with Crippen LogP contribution in [0.5, 0.6) is 0 Å². The third-order valence-corrected chi connectivity index (χ3v) is 2.84. The summed E-state index contributed by atoms with van der Waals surface area (Å²) in [6.45, 7) is 3.18. The summed E-state index contributed by atoms with van der Waals surface area (Å²) >= 11 is 0. The predicted octanol–water partition coefficient (Wildman–Crippen LogP) is 1.00. The molecule has 0 unspecified atom stereocenters. The van der Waals surface area contributed by atoms with Crippen molar-refractivity contribution in [2.45, 2.75) is 19.4 Å². The number of para-hydroxylation sites is 1. The molecular formula is C13H14N4O3. The van der Waals surface area contributed by atoms with Gasteiger partial charge in [-0.15, -0.1) is 0 Å². The summed E-state index contributed by atoms with van der Waals surface area (Å²) in [5, 5.41) is 12.5. The summed E-state index contributed by atoms with van der Waals surface area (Å²) in [6, 6.07) is 6.92. The first-order valence-electron chi connectivity index (χ1n) is 5.89. The van der Waals surface area contributed by atoms with Gasteiger partial charge >= 0.3 is 5.97 Å². The third-order valence-electron chi connectivity index (χ3n) is 2.84. The van der Waals surface area contributed by atoms with Crippen LogP contribution in [0.15, 0.2) is 24.3 Å². The highest BCUT2D eigenvalue weighted by Crippen LogP contribution is 2.23. The Morgan fingerprint density at radius 1 is 1.25 bits per heavy atom. The average Bonchev–Trinajstić information content (AvgIpc) is 2.37. The second kappa shape index (κ2) is 4.76. The first-order valence-corrected chi connectivity index (χ1v) is 5.89. The van der Waals surface area contributed by atoms with Crippen molar-refractivity contribution in [2.75, 3.05) is 5.32 Å². The van der Waals surface area contributed by atoms with Crippen LogP contribution in [-0.2, 0) is 4.79 Å². The number of carbonyl (C=O) groups is 2. The first-order chi connectivity index (χ1) is 9.31. The van der Waals surface area contributed by atoms with E-state index in [1.807, 2.05) is 0 Å². The van der Waals surface area contributed by atoms with E-state index in [2.05, 4.69) is 15.3 Å². The zero-order chi connectivity index (χ0) is 14.9. The third kappa shape index (κ3) is 2.51. The SMILES string of the molecule is CC(C)(Nc1nc(C(=O)O)nc2ccccc12)C(N)=O. The molecule has 1 aromatic carbocycles. The van der Waals surface area contributed by atoms with Crippen LogP contribution in [0.1, 0.15) is 24.5 Å². The number of nitrogens with one attached hydrogen (secondary N) is 1. The fourth-order valence-electron chi connectivity index (χ4n) is 1.63. The Morgan fingerprint density at radius 2 is 1.90 bits per heavy atom. The topological polar surface area (TPSA) is 118 Å². The van der Waals surface area contributed by atoms with Gasteiger partial charge in [0.15, 0.2) is 0 Å². The summed E-state index contributed by atoms with van der Waals surface area (Å²) in [5.41, 5.74) is 4.71. The number of nitrogens with two attached hydrogens (primary N) is 1. The van der Waals surface area contributed by atoms with Gasteiger partial charge in [0, 0.05) is 5.39 Å². The number of hydrogen-bond acceptors (Lipinski definition) is 5. The molecule has 0 aliphatic heterocycles. The molecule has 1 amide bonds. The van der Waals surface area contributed by atoms with E-state index in [1.54, 1.807) is 38.1 Å². The summed E-state index contributed by atoms with van der Waals surface area (Å²) in [4.78, 5) is 30.3. The van der Waals surface area contributed by atoms with Gasteiger partial charge in [-0.25, -0.2) is 14.8 Å². The molecule has 2 aromatic rings. The zero-order valence-electron chi connectivity index (χ0n) is 11.0. The van der Waals surface area contributed by atoms with Crippen molar-refractivity contribution < 1.29 is 14.7 Å². The van der Waals surface area contributed by atoms with Gasteiger partial charge in [-0.1, -0.05) is 12.1 Å². The number of carbonyl (C=O) groups excluding carboxylic acids is 1. The lowest BCUT2D eigenvalue weighted by Gasteiger charge is -2.23. The lowest BCUT2D eigenvalue weighted by Crippen LogP contribution is -2.45. The van der Waals surface area contributed by atoms with Crippen LogP contribution in [0.25, 0.3) is 10.9 Å². The summed E-state index contributed by atoms with van der Waals surface area (Å²) < 4.78 is 0. The number of anilines is 1. The minimum absolute atomic E-state index is 0.261. The van der Waals surface area contributed by atoms with E-state index < -0.39 is 17.4 Å². The molecule has 0 saturated carbocycles. The second-order valence-corrected chi connectivity index (χ2v) is 4.83. The normalized spacial score (nSPS) is 11.3. The molecule has 7 nitrogen and oxygen atoms in total. The van der Waals surface area contributed by atoms with Gasteiger partial charge in [0.1, 0.15) is 11.4 Å². The summed E-state index contributed by atoms with van der Waals surface area (Å²) in [5.74, 6) is -1.89. The highest BCUT2D eigenvalue weighted by atomic mass is 16.4. The van der Waals surface area contributed by atoms with E-state index >= 15 is 0 Å². The average molecular weight is 274 g/mol. The van der Waals surface area contributed by atoms with Gasteiger partial charge in [-0.3, -0.25) is 4.79 Å². The number of aromatic nitrogens is 2. The van der Waals surface area contributed by atoms with Crippen molar-refractivity contribution in [3.8, 4) is 0 Å². The number of hydrogen-bond donors (Lipinski definition) is 3. The Morgan fingerprint density at radius 3 is 2.50 bits per heavy atom. The van der Waals surface area contributed by atoms with Crippen molar-refractivity contribution >= 4 is 28.6 Å². The van der Waals surface area contributed by atoms with Gasteiger partial charge in [-0.2, -0.15) is 0 Å². The Labute approximate surface area is 114 Å². The maximum atomic E-state index is 11.4. The van der Waals surface area contributed by atoms with Crippen LogP contribution in [0, 0.1) is 0 Å². The molecule has 4 N–H and O–H groups in total. The fraction of sp³-hybridized carbons (Fsp3) is 0.231. The molecule has 0 radical (unpaired) electrons. The highest BCUT2D eigenvalue weighted by Gasteiger charge is 2.26. The molecule has 104 valence electrons. The van der Waals surface area contributed by atoms with E-state index in [9.17, 15) is 9.59 Å². The number of rotatable bonds is 4. The largest absolute Gasteiger partial charge is 0.475 e. The van der Waals surface area contributed by atoms with Crippen LogP contribution in [0.2, 0.25) is 0 Å². The Hall–Kier alpha value is -2.70. The molecule has 1 aromatic heterocycles. The Kier molecular flexibility index (Phi) is 3.27. The number of fused-ring (bicyclic) bond motifs is 1. The van der Waals surface area contributed by atoms with Crippen molar-refractivity contribution in [2.24, 2.45) is 5.73 Å². The van der Waals surface area contributed by atoms with E-state index in [-0.39, 0.29) is 11.6 Å². The Bertz CT molecular complexity index is 697. The van der Waals surface area contributed by atoms with E-state index in [4.69, 9.17) is 10.8 Å². The van der Waals surface area contributed by atoms with Gasteiger partial charge in [0.05, 0.1) is 5.52 Å². The summed E-state index contributed by atoms with van der Waals surface area (Å²) in [7, 11) is 0. The summed E-state index contributed by atoms with van der Waals surface area (Å²) in [6.07, 6.45) is 0. The van der Waals surface area contributed by atoms with Crippen LogP contribution >= 0.6 is 0 Å². The first kappa shape index (κ1) is 13.7. The van der Waals surface area contributed by atoms with Crippen molar-refractivity contribution in [3.63, 3.8) is 0 Å². The quantitative estimate of drug-likeness (QED) is 0.765. The number of primary amides is 1. The van der Waals surface area contributed by atoms with Gasteiger partial charge in [-0.05, 0) is 26.0 Å².